The van der Waals surface area contributed by atoms with E-state index in [9.17, 15) is 4.79 Å². The van der Waals surface area contributed by atoms with E-state index >= 15 is 0 Å². The van der Waals surface area contributed by atoms with Gasteiger partial charge < -0.3 is 16.2 Å². The molecule has 0 radical (unpaired) electrons. The Kier molecular flexibility index (Phi) is 16.1. The summed E-state index contributed by atoms with van der Waals surface area (Å²) in [6.45, 7) is 0.551. The van der Waals surface area contributed by atoms with E-state index in [2.05, 4.69) is 10.0 Å². The van der Waals surface area contributed by atoms with Crippen LogP contribution in [0.25, 0.3) is 26.4 Å². The van der Waals surface area contributed by atoms with Crippen molar-refractivity contribution in [1.29, 1.82) is 0 Å². The Hall–Kier alpha value is -1.91. The topological polar surface area (TPSA) is 145 Å². The molecule has 0 bridgehead atoms. The quantitative estimate of drug-likeness (QED) is 0.292. The number of unbranched alkanes of at least 4 members (excludes halogenated alkanes) is 4. The van der Waals surface area contributed by atoms with E-state index in [4.69, 9.17) is 21.7 Å². The van der Waals surface area contributed by atoms with Gasteiger partial charge in [0, 0.05) is 17.9 Å². The van der Waals surface area contributed by atoms with Crippen molar-refractivity contribution in [2.75, 3.05) is 6.54 Å². The van der Waals surface area contributed by atoms with Gasteiger partial charge in [-0.1, -0.05) is 24.4 Å². The van der Waals surface area contributed by atoms with Crippen LogP contribution in [0.5, 0.6) is 0 Å². The van der Waals surface area contributed by atoms with Gasteiger partial charge in [0.1, 0.15) is 0 Å². The zero-order chi connectivity index (χ0) is 12.6. The van der Waals surface area contributed by atoms with Crippen molar-refractivity contribution < 1.29 is 9.90 Å². The summed E-state index contributed by atoms with van der Waals surface area (Å²) >= 11 is 0. The normalized spacial score (nSPS) is 8.00. The van der Waals surface area contributed by atoms with Gasteiger partial charge in [0.25, 0.3) is 0 Å². The Labute approximate surface area is 93.3 Å². The largest absolute Gasteiger partial charge is 0.481 e. The van der Waals surface area contributed by atoms with Crippen LogP contribution in [0, 0.1) is 0 Å². The zero-order valence-electron chi connectivity index (χ0n) is 8.99. The lowest BCUT2D eigenvalue weighted by Crippen LogP contribution is -1.93. The highest BCUT2D eigenvalue weighted by Crippen LogP contribution is 2.05. The maximum atomic E-state index is 10.1. The first kappa shape index (κ1) is 16.5. The van der Waals surface area contributed by atoms with E-state index in [1.165, 1.54) is 4.91 Å². The third-order valence-corrected chi connectivity index (χ3v) is 1.71. The average Bonchev–Trinajstić information content (AvgIpc) is 2.23. The predicted octanol–water partition coefficient (Wildman–Crippen LogP) is 3.59. The number of aliphatic carboxylic acids is 1. The number of azide groups is 1. The van der Waals surface area contributed by atoms with E-state index in [1.54, 1.807) is 0 Å². The highest BCUT2D eigenvalue weighted by atomic mass is 16.4. The number of carboxylic acid groups (broad SMARTS) is 1. The molecule has 0 fully saturated rings. The molecule has 0 unspecified atom stereocenters. The monoisotopic (exact) mass is 227 g/mol. The predicted molar refractivity (Wildman–Crippen MR) is 59.4 cm³/mol. The Morgan fingerprint density at radius 1 is 1.06 bits per heavy atom. The van der Waals surface area contributed by atoms with Crippen LogP contribution in [-0.4, -0.2) is 17.6 Å². The third-order valence-electron chi connectivity index (χ3n) is 1.71. The molecule has 8 nitrogen and oxygen atoms in total. The van der Waals surface area contributed by atoms with E-state index < -0.39 is 5.97 Å². The minimum Gasteiger partial charge on any atom is -0.481 e. The fourth-order valence-electron chi connectivity index (χ4n) is 1.03. The molecule has 16 heavy (non-hydrogen) atoms. The number of hydrogen-bond acceptors (Lipinski definition) is 2. The molecule has 90 valence electrons. The Bertz CT molecular complexity index is 249. The smallest absolute Gasteiger partial charge is 0.303 e. The lowest BCUT2D eigenvalue weighted by Gasteiger charge is -1.97. The van der Waals surface area contributed by atoms with Crippen LogP contribution in [-0.2, 0) is 4.79 Å². The highest BCUT2D eigenvalue weighted by Gasteiger charge is 1.95. The molecule has 0 atom stereocenters. The van der Waals surface area contributed by atoms with Gasteiger partial charge in [0.05, 0.1) is 0 Å². The van der Waals surface area contributed by atoms with Gasteiger partial charge in [0.15, 0.2) is 0 Å². The molecule has 0 saturated carbocycles. The number of hydrogen-bond donors (Lipinski definition) is 1. The van der Waals surface area contributed by atoms with Crippen LogP contribution in [0.3, 0.4) is 0 Å². The molecule has 1 N–H and O–H groups in total. The molecule has 0 amide bonds. The van der Waals surface area contributed by atoms with Crippen molar-refractivity contribution in [2.24, 2.45) is 5.11 Å². The SMILES string of the molecule is [N-]=[N+]=NCCCCCCCC(=O)O.[N-]=[N+]=[N-]. The van der Waals surface area contributed by atoms with Crippen LogP contribution < -0.4 is 0 Å². The Morgan fingerprint density at radius 2 is 1.56 bits per heavy atom. The first-order valence-electron chi connectivity index (χ1n) is 4.90. The average molecular weight is 227 g/mol. The first-order valence-corrected chi connectivity index (χ1v) is 4.90. The molecule has 0 aromatic heterocycles. The van der Waals surface area contributed by atoms with Crippen LogP contribution in [0.4, 0.5) is 0 Å². The standard InChI is InChI=1S/C8H15N3O2.N3/c9-11-10-7-5-3-1-2-4-6-8(12)13;1-3-2/h1-7H2,(H,12,13);/q;-1. The summed E-state index contributed by atoms with van der Waals surface area (Å²) in [4.78, 5) is 14.3. The van der Waals surface area contributed by atoms with Gasteiger partial charge in [-0.2, -0.15) is 0 Å². The minimum absolute atomic E-state index is 0.260. The highest BCUT2D eigenvalue weighted by molar-refractivity contribution is 5.66. The second-order valence-corrected chi connectivity index (χ2v) is 2.96. The van der Waals surface area contributed by atoms with E-state index in [0.29, 0.717) is 6.54 Å². The number of carbonyl (C=O) groups is 1. The number of nitrogens with zero attached hydrogens (tertiary/aromatic N) is 6. The van der Waals surface area contributed by atoms with Gasteiger partial charge in [0.2, 0.25) is 0 Å². The van der Waals surface area contributed by atoms with Gasteiger partial charge >= 0.3 is 5.97 Å². The van der Waals surface area contributed by atoms with Crippen molar-refractivity contribution in [1.82, 2.24) is 0 Å². The summed E-state index contributed by atoms with van der Waals surface area (Å²) in [5, 5.41) is 11.7. The fraction of sp³-hybridized carbons (Fsp3) is 0.875. The molecule has 0 aromatic carbocycles. The second-order valence-electron chi connectivity index (χ2n) is 2.96. The van der Waals surface area contributed by atoms with Crippen LogP contribution in [0.1, 0.15) is 38.5 Å². The van der Waals surface area contributed by atoms with E-state index in [-0.39, 0.29) is 6.42 Å². The molecule has 0 aliphatic rings. The van der Waals surface area contributed by atoms with Gasteiger partial charge in [-0.15, -0.1) is 0 Å². The van der Waals surface area contributed by atoms with E-state index in [0.717, 1.165) is 32.1 Å². The van der Waals surface area contributed by atoms with Gasteiger partial charge in [-0.3, -0.25) is 9.71 Å². The van der Waals surface area contributed by atoms with Crippen molar-refractivity contribution >= 4 is 5.97 Å². The molecule has 8 heteroatoms. The summed E-state index contributed by atoms with van der Waals surface area (Å²) in [5.41, 5.74) is 21.5. The van der Waals surface area contributed by atoms with Crippen molar-refractivity contribution in [2.45, 2.75) is 38.5 Å². The first-order chi connectivity index (χ1) is 7.68. The summed E-state index contributed by atoms with van der Waals surface area (Å²) in [5.74, 6) is -0.728. The maximum Gasteiger partial charge on any atom is 0.303 e. The number of rotatable bonds is 8. The lowest BCUT2D eigenvalue weighted by molar-refractivity contribution is -0.137. The molecule has 0 aromatic rings. The van der Waals surface area contributed by atoms with E-state index in [1.807, 2.05) is 0 Å². The Balaban J connectivity index is 0. The van der Waals surface area contributed by atoms with Crippen LogP contribution >= 0.6 is 0 Å². The van der Waals surface area contributed by atoms with Crippen LogP contribution in [0.2, 0.25) is 0 Å². The molecular weight excluding hydrogens is 212 g/mol. The lowest BCUT2D eigenvalue weighted by atomic mass is 10.1. The summed E-state index contributed by atoms with van der Waals surface area (Å²) in [6, 6.07) is 0. The van der Waals surface area contributed by atoms with Crippen molar-refractivity contribution in [3.8, 4) is 0 Å². The molecule has 0 rings (SSSR count). The van der Waals surface area contributed by atoms with Gasteiger partial charge in [-0.25, -0.2) is 0 Å². The minimum atomic E-state index is -0.728. The Morgan fingerprint density at radius 3 is 2.06 bits per heavy atom. The molecular formula is C8H15N6O2-. The summed E-state index contributed by atoms with van der Waals surface area (Å²) < 4.78 is 0. The maximum absolute atomic E-state index is 10.1. The van der Waals surface area contributed by atoms with Gasteiger partial charge in [-0.05, 0) is 18.4 Å². The summed E-state index contributed by atoms with van der Waals surface area (Å²) in [7, 11) is 0. The molecule has 0 saturated heterocycles. The second kappa shape index (κ2) is 15.6. The molecule has 0 aliphatic heterocycles. The zero-order valence-corrected chi connectivity index (χ0v) is 8.99. The molecule has 0 spiro atoms. The molecule has 0 heterocycles. The number of carboxylic acids is 1. The third kappa shape index (κ3) is 22.7. The summed E-state index contributed by atoms with van der Waals surface area (Å²) in [6.07, 6.45) is 4.89. The van der Waals surface area contributed by atoms with Crippen molar-refractivity contribution in [3.05, 3.63) is 26.4 Å². The fourth-order valence-corrected chi connectivity index (χ4v) is 1.03. The molecule has 0 aliphatic carbocycles. The van der Waals surface area contributed by atoms with Crippen molar-refractivity contribution in [3.63, 3.8) is 0 Å². The van der Waals surface area contributed by atoms with Crippen LogP contribution in [0.15, 0.2) is 5.11 Å².